The first-order chi connectivity index (χ1) is 10.0. The molecule has 0 saturated carbocycles. The third-order valence-electron chi connectivity index (χ3n) is 2.70. The molecule has 1 rings (SSSR count). The third-order valence-corrected chi connectivity index (χ3v) is 2.70. The molecule has 0 aliphatic carbocycles. The lowest BCUT2D eigenvalue weighted by Crippen LogP contribution is -2.38. The number of methoxy groups -OCH3 is 1. The van der Waals surface area contributed by atoms with Gasteiger partial charge in [0.05, 0.1) is 7.11 Å². The van der Waals surface area contributed by atoms with Crippen LogP contribution in [-0.2, 0) is 9.59 Å². The number of hydrogen-bond donors (Lipinski definition) is 2. The normalized spacial score (nSPS) is 10.1. The molecule has 0 bridgehead atoms. The van der Waals surface area contributed by atoms with Crippen LogP contribution in [0.2, 0.25) is 0 Å². The number of carbonyl (C=O) groups excluding carboxylic acids is 2. The van der Waals surface area contributed by atoms with Gasteiger partial charge in [-0.15, -0.1) is 0 Å². The van der Waals surface area contributed by atoms with Crippen LogP contribution in [0.1, 0.15) is 13.8 Å². The third kappa shape index (κ3) is 6.65. The second-order valence-electron chi connectivity index (χ2n) is 4.76. The van der Waals surface area contributed by atoms with Crippen molar-refractivity contribution in [3.05, 3.63) is 24.3 Å². The van der Waals surface area contributed by atoms with Gasteiger partial charge in [0.1, 0.15) is 11.5 Å². The van der Waals surface area contributed by atoms with Gasteiger partial charge in [0.2, 0.25) is 5.91 Å². The van der Waals surface area contributed by atoms with Crippen LogP contribution in [0.5, 0.6) is 11.5 Å². The van der Waals surface area contributed by atoms with E-state index in [2.05, 4.69) is 10.6 Å². The van der Waals surface area contributed by atoms with Crippen molar-refractivity contribution in [3.63, 3.8) is 0 Å². The van der Waals surface area contributed by atoms with Crippen molar-refractivity contribution in [2.45, 2.75) is 13.8 Å². The summed E-state index contributed by atoms with van der Waals surface area (Å²) in [6.07, 6.45) is 0. The molecule has 0 fully saturated rings. The van der Waals surface area contributed by atoms with E-state index in [0.29, 0.717) is 18.8 Å². The van der Waals surface area contributed by atoms with E-state index >= 15 is 0 Å². The van der Waals surface area contributed by atoms with Crippen LogP contribution in [-0.4, -0.2) is 38.6 Å². The summed E-state index contributed by atoms with van der Waals surface area (Å²) in [6.45, 7) is 4.35. The van der Waals surface area contributed by atoms with Crippen molar-refractivity contribution in [3.8, 4) is 11.5 Å². The topological polar surface area (TPSA) is 76.7 Å². The van der Waals surface area contributed by atoms with Gasteiger partial charge in [0.15, 0.2) is 6.61 Å². The molecular formula is C15H22N2O4. The molecule has 21 heavy (non-hydrogen) atoms. The minimum absolute atomic E-state index is 0.0290. The summed E-state index contributed by atoms with van der Waals surface area (Å²) < 4.78 is 10.4. The molecule has 0 aromatic heterocycles. The minimum atomic E-state index is -0.232. The molecule has 0 heterocycles. The van der Waals surface area contributed by atoms with Crippen molar-refractivity contribution in [1.82, 2.24) is 10.6 Å². The Balaban J connectivity index is 2.17. The Bertz CT molecular complexity index is 457. The molecule has 1 aromatic rings. The summed E-state index contributed by atoms with van der Waals surface area (Å²) in [6, 6.07) is 6.98. The lowest BCUT2D eigenvalue weighted by molar-refractivity contribution is -0.125. The Morgan fingerprint density at radius 3 is 2.19 bits per heavy atom. The summed E-state index contributed by atoms with van der Waals surface area (Å²) in [7, 11) is 1.58. The van der Waals surface area contributed by atoms with Crippen LogP contribution in [0.4, 0.5) is 0 Å². The summed E-state index contributed by atoms with van der Waals surface area (Å²) in [5, 5.41) is 5.38. The SMILES string of the molecule is COc1ccc(OCC(=O)NCCNC(=O)C(C)C)cc1. The summed E-state index contributed by atoms with van der Waals surface area (Å²) in [5.74, 6) is 1.01. The highest BCUT2D eigenvalue weighted by molar-refractivity contribution is 5.78. The first kappa shape index (κ1) is 16.8. The highest BCUT2D eigenvalue weighted by Crippen LogP contribution is 2.16. The minimum Gasteiger partial charge on any atom is -0.497 e. The fourth-order valence-corrected chi connectivity index (χ4v) is 1.46. The lowest BCUT2D eigenvalue weighted by atomic mass is 10.2. The molecule has 6 nitrogen and oxygen atoms in total. The van der Waals surface area contributed by atoms with Crippen molar-refractivity contribution in [1.29, 1.82) is 0 Å². The van der Waals surface area contributed by atoms with Gasteiger partial charge in [0, 0.05) is 19.0 Å². The fraction of sp³-hybridized carbons (Fsp3) is 0.467. The number of amides is 2. The smallest absolute Gasteiger partial charge is 0.258 e. The van der Waals surface area contributed by atoms with Gasteiger partial charge in [0.25, 0.3) is 5.91 Å². The summed E-state index contributed by atoms with van der Waals surface area (Å²) >= 11 is 0. The van der Waals surface area contributed by atoms with Gasteiger partial charge < -0.3 is 20.1 Å². The maximum absolute atomic E-state index is 11.5. The summed E-state index contributed by atoms with van der Waals surface area (Å²) in [4.78, 5) is 22.8. The van der Waals surface area contributed by atoms with Crippen LogP contribution in [0.25, 0.3) is 0 Å². The lowest BCUT2D eigenvalue weighted by Gasteiger charge is -2.10. The molecule has 116 valence electrons. The van der Waals surface area contributed by atoms with Gasteiger partial charge in [-0.2, -0.15) is 0 Å². The molecule has 0 unspecified atom stereocenters. The molecule has 0 spiro atoms. The van der Waals surface area contributed by atoms with Crippen LogP contribution >= 0.6 is 0 Å². The molecule has 0 saturated heterocycles. The standard InChI is InChI=1S/C15H22N2O4/c1-11(2)15(19)17-9-8-16-14(18)10-21-13-6-4-12(20-3)5-7-13/h4-7,11H,8-10H2,1-3H3,(H,16,18)(H,17,19). The Morgan fingerprint density at radius 2 is 1.62 bits per heavy atom. The van der Waals surface area contributed by atoms with Gasteiger partial charge in [-0.1, -0.05) is 13.8 Å². The fourth-order valence-electron chi connectivity index (χ4n) is 1.46. The molecule has 6 heteroatoms. The molecule has 0 radical (unpaired) electrons. The van der Waals surface area contributed by atoms with E-state index in [1.165, 1.54) is 0 Å². The quantitative estimate of drug-likeness (QED) is 0.700. The van der Waals surface area contributed by atoms with E-state index in [9.17, 15) is 9.59 Å². The Morgan fingerprint density at radius 1 is 1.05 bits per heavy atom. The predicted molar refractivity (Wildman–Crippen MR) is 79.3 cm³/mol. The Kier molecular flexibility index (Phi) is 7.08. The number of ether oxygens (including phenoxy) is 2. The van der Waals surface area contributed by atoms with Gasteiger partial charge >= 0.3 is 0 Å². The average molecular weight is 294 g/mol. The van der Waals surface area contributed by atoms with Crippen LogP contribution in [0, 0.1) is 5.92 Å². The van der Waals surface area contributed by atoms with Gasteiger partial charge in [-0.3, -0.25) is 9.59 Å². The average Bonchev–Trinajstić information content (AvgIpc) is 2.49. The number of nitrogens with one attached hydrogen (secondary N) is 2. The maximum atomic E-state index is 11.5. The van der Waals surface area contributed by atoms with E-state index < -0.39 is 0 Å². The number of rotatable bonds is 8. The van der Waals surface area contributed by atoms with E-state index in [0.717, 1.165) is 5.75 Å². The van der Waals surface area contributed by atoms with Crippen molar-refractivity contribution in [2.24, 2.45) is 5.92 Å². The van der Waals surface area contributed by atoms with Crippen molar-refractivity contribution < 1.29 is 19.1 Å². The Hall–Kier alpha value is -2.24. The molecule has 0 aliphatic rings. The summed E-state index contributed by atoms with van der Waals surface area (Å²) in [5.41, 5.74) is 0. The second kappa shape index (κ2) is 8.84. The van der Waals surface area contributed by atoms with Crippen LogP contribution < -0.4 is 20.1 Å². The number of carbonyl (C=O) groups is 2. The van der Waals surface area contributed by atoms with Gasteiger partial charge in [-0.05, 0) is 24.3 Å². The van der Waals surface area contributed by atoms with Crippen LogP contribution in [0.15, 0.2) is 24.3 Å². The molecule has 1 aromatic carbocycles. The zero-order valence-electron chi connectivity index (χ0n) is 12.6. The van der Waals surface area contributed by atoms with Crippen LogP contribution in [0.3, 0.4) is 0 Å². The van der Waals surface area contributed by atoms with Gasteiger partial charge in [-0.25, -0.2) is 0 Å². The highest BCUT2D eigenvalue weighted by atomic mass is 16.5. The first-order valence-electron chi connectivity index (χ1n) is 6.84. The monoisotopic (exact) mass is 294 g/mol. The second-order valence-corrected chi connectivity index (χ2v) is 4.76. The van der Waals surface area contributed by atoms with E-state index in [1.807, 2.05) is 13.8 Å². The maximum Gasteiger partial charge on any atom is 0.258 e. The van der Waals surface area contributed by atoms with Crippen molar-refractivity contribution >= 4 is 11.8 Å². The largest absolute Gasteiger partial charge is 0.497 e. The Labute approximate surface area is 124 Å². The van der Waals surface area contributed by atoms with Crippen molar-refractivity contribution in [2.75, 3.05) is 26.8 Å². The predicted octanol–water partition coefficient (Wildman–Crippen LogP) is 0.962. The van der Waals surface area contributed by atoms with E-state index in [-0.39, 0.29) is 24.3 Å². The molecule has 2 N–H and O–H groups in total. The van der Waals surface area contributed by atoms with E-state index in [1.54, 1.807) is 31.4 Å². The zero-order chi connectivity index (χ0) is 15.7. The molecule has 0 aliphatic heterocycles. The molecular weight excluding hydrogens is 272 g/mol. The molecule has 2 amide bonds. The number of benzene rings is 1. The molecule has 0 atom stereocenters. The highest BCUT2D eigenvalue weighted by Gasteiger charge is 2.06. The zero-order valence-corrected chi connectivity index (χ0v) is 12.6. The van der Waals surface area contributed by atoms with E-state index in [4.69, 9.17) is 9.47 Å². The number of hydrogen-bond acceptors (Lipinski definition) is 4. The first-order valence-corrected chi connectivity index (χ1v) is 6.84.